The highest BCUT2D eigenvalue weighted by molar-refractivity contribution is 7.99. The van der Waals surface area contributed by atoms with Crippen LogP contribution in [0, 0.1) is 6.92 Å². The summed E-state index contributed by atoms with van der Waals surface area (Å²) in [6, 6.07) is 22.8. The van der Waals surface area contributed by atoms with E-state index in [9.17, 15) is 4.79 Å². The van der Waals surface area contributed by atoms with Crippen LogP contribution >= 0.6 is 23.4 Å². The van der Waals surface area contributed by atoms with Gasteiger partial charge in [-0.15, -0.1) is 10.2 Å². The van der Waals surface area contributed by atoms with Crippen molar-refractivity contribution in [3.8, 4) is 22.8 Å². The Labute approximate surface area is 206 Å². The minimum absolute atomic E-state index is 0.125. The summed E-state index contributed by atoms with van der Waals surface area (Å²) in [6.07, 6.45) is 1.61. The van der Waals surface area contributed by atoms with Gasteiger partial charge in [-0.05, 0) is 61.0 Å². The number of amides is 1. The summed E-state index contributed by atoms with van der Waals surface area (Å²) < 4.78 is 7.15. The Morgan fingerprint density at radius 2 is 1.76 bits per heavy atom. The maximum atomic E-state index is 12.4. The van der Waals surface area contributed by atoms with Crippen LogP contribution in [0.1, 0.15) is 11.1 Å². The summed E-state index contributed by atoms with van der Waals surface area (Å²) in [5, 5.41) is 14.0. The summed E-state index contributed by atoms with van der Waals surface area (Å²) in [7, 11) is 1.62. The normalized spacial score (nSPS) is 11.0. The second kappa shape index (κ2) is 11.0. The number of carbonyl (C=O) groups excluding carboxylic acids is 1. The Hall–Kier alpha value is -3.62. The fourth-order valence-electron chi connectivity index (χ4n) is 3.11. The predicted octanol–water partition coefficient (Wildman–Crippen LogP) is 5.15. The van der Waals surface area contributed by atoms with E-state index in [4.69, 9.17) is 16.3 Å². The number of hydrogen-bond acceptors (Lipinski definition) is 6. The second-order valence-electron chi connectivity index (χ2n) is 7.34. The van der Waals surface area contributed by atoms with Crippen LogP contribution in [0.4, 0.5) is 0 Å². The van der Waals surface area contributed by atoms with Gasteiger partial charge in [-0.1, -0.05) is 53.2 Å². The molecule has 172 valence electrons. The lowest BCUT2D eigenvalue weighted by atomic mass is 10.2. The molecule has 4 aromatic rings. The number of rotatable bonds is 8. The number of carbonyl (C=O) groups is 1. The summed E-state index contributed by atoms with van der Waals surface area (Å²) in [4.78, 5) is 12.4. The highest BCUT2D eigenvalue weighted by atomic mass is 35.5. The first-order chi connectivity index (χ1) is 16.5. The number of hydrogen-bond donors (Lipinski definition) is 1. The van der Waals surface area contributed by atoms with Gasteiger partial charge in [-0.2, -0.15) is 5.10 Å². The first kappa shape index (κ1) is 23.5. The fourth-order valence-corrected chi connectivity index (χ4v) is 3.98. The molecule has 1 amide bonds. The Kier molecular flexibility index (Phi) is 7.61. The molecule has 3 aromatic carbocycles. The predicted molar refractivity (Wildman–Crippen MR) is 136 cm³/mol. The zero-order chi connectivity index (χ0) is 23.9. The van der Waals surface area contributed by atoms with Gasteiger partial charge < -0.3 is 4.74 Å². The lowest BCUT2D eigenvalue weighted by Crippen LogP contribution is -2.20. The van der Waals surface area contributed by atoms with E-state index in [2.05, 4.69) is 20.7 Å². The summed E-state index contributed by atoms with van der Waals surface area (Å²) in [6.45, 7) is 2.02. The van der Waals surface area contributed by atoms with Crippen molar-refractivity contribution in [3.05, 3.63) is 88.9 Å². The summed E-state index contributed by atoms with van der Waals surface area (Å²) in [5.74, 6) is 1.27. The van der Waals surface area contributed by atoms with Crippen molar-refractivity contribution in [2.75, 3.05) is 12.9 Å². The van der Waals surface area contributed by atoms with Crippen molar-refractivity contribution in [2.45, 2.75) is 12.1 Å². The standard InChI is InChI=1S/C25H22ClN5O2S/c1-17-3-5-18(6-4-17)15-27-28-23(32)16-34-25-30-29-24(19-7-13-22(33-2)14-8-19)31(25)21-11-9-20(26)10-12-21/h3-15H,16H2,1-2H3,(H,28,32)/b27-15-. The van der Waals surface area contributed by atoms with Gasteiger partial charge in [0, 0.05) is 16.3 Å². The van der Waals surface area contributed by atoms with E-state index in [0.717, 1.165) is 28.1 Å². The van der Waals surface area contributed by atoms with Crippen LogP contribution < -0.4 is 10.2 Å². The zero-order valence-corrected chi connectivity index (χ0v) is 20.2. The van der Waals surface area contributed by atoms with Gasteiger partial charge in [-0.3, -0.25) is 9.36 Å². The summed E-state index contributed by atoms with van der Waals surface area (Å²) in [5.41, 5.74) is 6.32. The number of ether oxygens (including phenoxy) is 1. The number of aromatic nitrogens is 3. The number of thioether (sulfide) groups is 1. The van der Waals surface area contributed by atoms with Crippen LogP contribution in [0.5, 0.6) is 5.75 Å². The Morgan fingerprint density at radius 3 is 2.44 bits per heavy atom. The number of nitrogens with zero attached hydrogens (tertiary/aromatic N) is 4. The minimum Gasteiger partial charge on any atom is -0.497 e. The van der Waals surface area contributed by atoms with E-state index >= 15 is 0 Å². The van der Waals surface area contributed by atoms with Crippen LogP contribution in [-0.4, -0.2) is 39.7 Å². The first-order valence-electron chi connectivity index (χ1n) is 10.4. The maximum absolute atomic E-state index is 12.4. The molecule has 0 atom stereocenters. The molecule has 0 radical (unpaired) electrons. The van der Waals surface area contributed by atoms with Gasteiger partial charge in [0.1, 0.15) is 5.75 Å². The van der Waals surface area contributed by atoms with Crippen molar-refractivity contribution in [3.63, 3.8) is 0 Å². The highest BCUT2D eigenvalue weighted by Crippen LogP contribution is 2.29. The van der Waals surface area contributed by atoms with E-state index in [1.54, 1.807) is 25.5 Å². The van der Waals surface area contributed by atoms with E-state index in [1.807, 2.05) is 72.2 Å². The van der Waals surface area contributed by atoms with Crippen LogP contribution in [-0.2, 0) is 4.79 Å². The van der Waals surface area contributed by atoms with Crippen molar-refractivity contribution in [1.29, 1.82) is 0 Å². The molecule has 1 heterocycles. The number of halogens is 1. The quantitative estimate of drug-likeness (QED) is 0.209. The van der Waals surface area contributed by atoms with Crippen molar-refractivity contribution in [2.24, 2.45) is 5.10 Å². The number of nitrogens with one attached hydrogen (secondary N) is 1. The van der Waals surface area contributed by atoms with Gasteiger partial charge in [-0.25, -0.2) is 5.43 Å². The van der Waals surface area contributed by atoms with E-state index < -0.39 is 0 Å². The third kappa shape index (κ3) is 5.84. The van der Waals surface area contributed by atoms with Crippen LogP contribution in [0.2, 0.25) is 5.02 Å². The van der Waals surface area contributed by atoms with E-state index in [1.165, 1.54) is 11.8 Å². The molecule has 0 aliphatic heterocycles. The molecule has 34 heavy (non-hydrogen) atoms. The SMILES string of the molecule is COc1ccc(-c2nnc(SCC(=O)N/N=C\c3ccc(C)cc3)n2-c2ccc(Cl)cc2)cc1. The number of aryl methyl sites for hydroxylation is 1. The Morgan fingerprint density at radius 1 is 1.06 bits per heavy atom. The molecule has 4 rings (SSSR count). The molecule has 0 unspecified atom stereocenters. The topological polar surface area (TPSA) is 81.4 Å². The molecular weight excluding hydrogens is 470 g/mol. The second-order valence-corrected chi connectivity index (χ2v) is 8.72. The third-order valence-corrected chi connectivity index (χ3v) is 6.06. The largest absolute Gasteiger partial charge is 0.497 e. The molecule has 9 heteroatoms. The first-order valence-corrected chi connectivity index (χ1v) is 11.8. The van der Waals surface area contributed by atoms with Crippen LogP contribution in [0.3, 0.4) is 0 Å². The fraction of sp³-hybridized carbons (Fsp3) is 0.120. The maximum Gasteiger partial charge on any atom is 0.250 e. The molecule has 0 spiro atoms. The van der Waals surface area contributed by atoms with Gasteiger partial charge in [0.15, 0.2) is 11.0 Å². The average Bonchev–Trinajstić information content (AvgIpc) is 3.28. The molecule has 7 nitrogen and oxygen atoms in total. The molecule has 0 bridgehead atoms. The van der Waals surface area contributed by atoms with Crippen LogP contribution in [0.15, 0.2) is 83.1 Å². The van der Waals surface area contributed by atoms with Crippen LogP contribution in [0.25, 0.3) is 17.1 Å². The Balaban J connectivity index is 1.51. The lowest BCUT2D eigenvalue weighted by Gasteiger charge is -2.11. The smallest absolute Gasteiger partial charge is 0.250 e. The average molecular weight is 492 g/mol. The van der Waals surface area contributed by atoms with Crippen molar-refractivity contribution in [1.82, 2.24) is 20.2 Å². The summed E-state index contributed by atoms with van der Waals surface area (Å²) >= 11 is 7.35. The molecular formula is C25H22ClN5O2S. The molecule has 0 saturated heterocycles. The van der Waals surface area contributed by atoms with Crippen molar-refractivity contribution < 1.29 is 9.53 Å². The molecule has 1 aromatic heterocycles. The molecule has 0 saturated carbocycles. The number of benzene rings is 3. The molecule has 1 N–H and O–H groups in total. The molecule has 0 fully saturated rings. The molecule has 0 aliphatic rings. The zero-order valence-electron chi connectivity index (χ0n) is 18.6. The monoisotopic (exact) mass is 491 g/mol. The lowest BCUT2D eigenvalue weighted by molar-refractivity contribution is -0.118. The number of methoxy groups -OCH3 is 1. The molecule has 0 aliphatic carbocycles. The number of hydrazone groups is 1. The highest BCUT2D eigenvalue weighted by Gasteiger charge is 2.17. The van der Waals surface area contributed by atoms with Gasteiger partial charge in [0.05, 0.1) is 19.1 Å². The van der Waals surface area contributed by atoms with Gasteiger partial charge in [0.25, 0.3) is 5.91 Å². The third-order valence-electron chi connectivity index (χ3n) is 4.88. The van der Waals surface area contributed by atoms with Crippen molar-refractivity contribution >= 4 is 35.5 Å². The van der Waals surface area contributed by atoms with E-state index in [0.29, 0.717) is 16.0 Å². The minimum atomic E-state index is -0.245. The van der Waals surface area contributed by atoms with Gasteiger partial charge >= 0.3 is 0 Å². The Bertz CT molecular complexity index is 1290. The van der Waals surface area contributed by atoms with Gasteiger partial charge in [0.2, 0.25) is 0 Å². The van der Waals surface area contributed by atoms with E-state index in [-0.39, 0.29) is 11.7 Å².